The molecule has 40 heavy (non-hydrogen) atoms. The van der Waals surface area contributed by atoms with Gasteiger partial charge in [0.15, 0.2) is 0 Å². The van der Waals surface area contributed by atoms with Gasteiger partial charge in [-0.15, -0.1) is 0 Å². The summed E-state index contributed by atoms with van der Waals surface area (Å²) >= 11 is 6.65. The summed E-state index contributed by atoms with van der Waals surface area (Å²) in [4.78, 5) is 49.7. The van der Waals surface area contributed by atoms with Gasteiger partial charge in [-0.25, -0.2) is 10.2 Å². The Morgan fingerprint density at radius 1 is 0.700 bits per heavy atom. The van der Waals surface area contributed by atoms with Gasteiger partial charge in [-0.2, -0.15) is 5.10 Å². The summed E-state index contributed by atoms with van der Waals surface area (Å²) in [7, 11) is 0. The smallest absolute Gasteiger partial charge is 0.343 e. The van der Waals surface area contributed by atoms with Crippen molar-refractivity contribution in [2.75, 3.05) is 10.6 Å². The van der Waals surface area contributed by atoms with Crippen LogP contribution in [0.25, 0.3) is 0 Å². The Balaban J connectivity index is 1.30. The third kappa shape index (κ3) is 7.95. The Bertz CT molecular complexity index is 1570. The molecule has 3 amide bonds. The number of rotatable bonds is 7. The molecule has 0 aromatic heterocycles. The number of hydrogen-bond acceptors (Lipinski definition) is 6. The van der Waals surface area contributed by atoms with Gasteiger partial charge in [0.05, 0.1) is 23.0 Å². The van der Waals surface area contributed by atoms with Crippen LogP contribution in [0.5, 0.6) is 5.75 Å². The number of hydrogen-bond donors (Lipinski definition) is 3. The Kier molecular flexibility index (Phi) is 9.55. The van der Waals surface area contributed by atoms with E-state index in [9.17, 15) is 19.2 Å². The van der Waals surface area contributed by atoms with Gasteiger partial charge < -0.3 is 15.4 Å². The van der Waals surface area contributed by atoms with Crippen molar-refractivity contribution >= 4 is 73.1 Å². The van der Waals surface area contributed by atoms with Crippen molar-refractivity contribution in [3.63, 3.8) is 0 Å². The number of carbonyl (C=O) groups is 4. The zero-order valence-corrected chi connectivity index (χ0v) is 23.7. The Labute approximate surface area is 245 Å². The molecule has 0 atom stereocenters. The lowest BCUT2D eigenvalue weighted by Crippen LogP contribution is -2.33. The molecule has 0 saturated heterocycles. The first kappa shape index (κ1) is 28.4. The molecule has 0 spiro atoms. The number of hydrazone groups is 1. The number of anilines is 2. The summed E-state index contributed by atoms with van der Waals surface area (Å²) in [6.07, 6.45) is 1.32. The van der Waals surface area contributed by atoms with Crippen molar-refractivity contribution in [2.45, 2.75) is 0 Å². The molecule has 0 aliphatic carbocycles. The van der Waals surface area contributed by atoms with Crippen molar-refractivity contribution in [3.05, 3.63) is 123 Å². The standard InChI is InChI=1S/C29H20Br2N4O5/c30-20-9-7-19(8-10-20)29(39)40-23-15-5-18(6-16-23)17-32-35-28(38)27(37)34-25-4-2-1-3-24(25)26(36)33-22-13-11-21(31)12-14-22/h1-17H,(H,33,36)(H,34,37)(H,35,38)/b32-17+. The van der Waals surface area contributed by atoms with Crippen LogP contribution in [-0.2, 0) is 9.59 Å². The quantitative estimate of drug-likeness (QED) is 0.0761. The monoisotopic (exact) mass is 662 g/mol. The van der Waals surface area contributed by atoms with Crippen molar-refractivity contribution in [3.8, 4) is 5.75 Å². The van der Waals surface area contributed by atoms with E-state index in [0.29, 0.717) is 22.6 Å². The fourth-order valence-electron chi connectivity index (χ4n) is 3.29. The molecule has 0 heterocycles. The molecule has 0 unspecified atom stereocenters. The third-order valence-electron chi connectivity index (χ3n) is 5.28. The van der Waals surface area contributed by atoms with E-state index in [1.807, 2.05) is 0 Å². The maximum atomic E-state index is 12.7. The Morgan fingerprint density at radius 2 is 1.32 bits per heavy atom. The first-order valence-corrected chi connectivity index (χ1v) is 13.3. The number of benzene rings is 4. The molecule has 4 rings (SSSR count). The van der Waals surface area contributed by atoms with Gasteiger partial charge >= 0.3 is 17.8 Å². The van der Waals surface area contributed by atoms with E-state index < -0.39 is 23.7 Å². The van der Waals surface area contributed by atoms with Crippen molar-refractivity contribution in [2.24, 2.45) is 5.10 Å². The average Bonchev–Trinajstić information content (AvgIpc) is 2.95. The van der Waals surface area contributed by atoms with Crippen LogP contribution in [0, 0.1) is 0 Å². The number of halogens is 2. The largest absolute Gasteiger partial charge is 0.423 e. The van der Waals surface area contributed by atoms with Gasteiger partial charge in [-0.1, -0.05) is 44.0 Å². The number of carbonyl (C=O) groups excluding carboxylic acids is 4. The van der Waals surface area contributed by atoms with Crippen LogP contribution in [0.4, 0.5) is 11.4 Å². The molecule has 9 nitrogen and oxygen atoms in total. The summed E-state index contributed by atoms with van der Waals surface area (Å²) in [6.45, 7) is 0. The average molecular weight is 664 g/mol. The molecular formula is C29H20Br2N4O5. The van der Waals surface area contributed by atoms with E-state index in [4.69, 9.17) is 4.74 Å². The summed E-state index contributed by atoms with van der Waals surface area (Å²) in [5.41, 5.74) is 4.04. The number of amides is 3. The van der Waals surface area contributed by atoms with Gasteiger partial charge in [0.25, 0.3) is 5.91 Å². The molecular weight excluding hydrogens is 644 g/mol. The minimum Gasteiger partial charge on any atom is -0.423 e. The lowest BCUT2D eigenvalue weighted by molar-refractivity contribution is -0.136. The topological polar surface area (TPSA) is 126 Å². The minimum atomic E-state index is -1.03. The first-order chi connectivity index (χ1) is 19.3. The van der Waals surface area contributed by atoms with Crippen LogP contribution in [0.2, 0.25) is 0 Å². The summed E-state index contributed by atoms with van der Waals surface area (Å²) < 4.78 is 7.05. The second-order valence-corrected chi connectivity index (χ2v) is 9.96. The van der Waals surface area contributed by atoms with Crippen LogP contribution >= 0.6 is 31.9 Å². The molecule has 0 aliphatic heterocycles. The maximum absolute atomic E-state index is 12.7. The Morgan fingerprint density at radius 3 is 2.00 bits per heavy atom. The summed E-state index contributed by atoms with van der Waals surface area (Å²) in [6, 6.07) is 26.5. The zero-order chi connectivity index (χ0) is 28.5. The third-order valence-corrected chi connectivity index (χ3v) is 6.34. The molecule has 4 aromatic carbocycles. The highest BCUT2D eigenvalue weighted by Gasteiger charge is 2.18. The van der Waals surface area contributed by atoms with Crippen molar-refractivity contribution in [1.29, 1.82) is 0 Å². The molecule has 0 saturated carbocycles. The number of nitrogens with one attached hydrogen (secondary N) is 3. The number of nitrogens with zero attached hydrogens (tertiary/aromatic N) is 1. The highest BCUT2D eigenvalue weighted by molar-refractivity contribution is 9.10. The van der Waals surface area contributed by atoms with Crippen LogP contribution < -0.4 is 20.8 Å². The maximum Gasteiger partial charge on any atom is 0.343 e. The number of para-hydroxylation sites is 1. The van der Waals surface area contributed by atoms with Crippen molar-refractivity contribution in [1.82, 2.24) is 5.43 Å². The molecule has 3 N–H and O–H groups in total. The second kappa shape index (κ2) is 13.5. The summed E-state index contributed by atoms with van der Waals surface area (Å²) in [5.74, 6) is -2.66. The van der Waals surface area contributed by atoms with Gasteiger partial charge in [0, 0.05) is 14.6 Å². The molecule has 11 heteroatoms. The molecule has 0 fully saturated rings. The normalized spacial score (nSPS) is 10.6. The fraction of sp³-hybridized carbons (Fsp3) is 0. The van der Waals surface area contributed by atoms with Crippen molar-refractivity contribution < 1.29 is 23.9 Å². The van der Waals surface area contributed by atoms with E-state index in [2.05, 4.69) is 53.0 Å². The lowest BCUT2D eigenvalue weighted by Gasteiger charge is -2.11. The lowest BCUT2D eigenvalue weighted by atomic mass is 10.1. The molecule has 200 valence electrons. The molecule has 0 bridgehead atoms. The van der Waals surface area contributed by atoms with Gasteiger partial charge in [-0.3, -0.25) is 14.4 Å². The van der Waals surface area contributed by atoms with E-state index >= 15 is 0 Å². The van der Waals surface area contributed by atoms with Gasteiger partial charge in [-0.05, 0) is 90.5 Å². The highest BCUT2D eigenvalue weighted by Crippen LogP contribution is 2.19. The van der Waals surface area contributed by atoms with Gasteiger partial charge in [0.2, 0.25) is 0 Å². The highest BCUT2D eigenvalue weighted by atomic mass is 79.9. The molecule has 0 radical (unpaired) electrons. The minimum absolute atomic E-state index is 0.162. The van der Waals surface area contributed by atoms with E-state index in [0.717, 1.165) is 8.95 Å². The zero-order valence-electron chi connectivity index (χ0n) is 20.6. The van der Waals surface area contributed by atoms with Crippen LogP contribution in [0.3, 0.4) is 0 Å². The number of esters is 1. The van der Waals surface area contributed by atoms with Crippen LogP contribution in [0.1, 0.15) is 26.3 Å². The first-order valence-electron chi connectivity index (χ1n) is 11.7. The fourth-order valence-corrected chi connectivity index (χ4v) is 3.82. The Hall–Kier alpha value is -4.61. The van der Waals surface area contributed by atoms with E-state index in [1.54, 1.807) is 84.9 Å². The molecule has 4 aromatic rings. The predicted molar refractivity (Wildman–Crippen MR) is 158 cm³/mol. The second-order valence-electron chi connectivity index (χ2n) is 8.13. The molecule has 0 aliphatic rings. The van der Waals surface area contributed by atoms with Gasteiger partial charge in [0.1, 0.15) is 5.75 Å². The SMILES string of the molecule is O=C(N/N=C/c1ccc(OC(=O)c2ccc(Br)cc2)cc1)C(=O)Nc1ccccc1C(=O)Nc1ccc(Br)cc1. The van der Waals surface area contributed by atoms with Crippen LogP contribution in [0.15, 0.2) is 111 Å². The van der Waals surface area contributed by atoms with E-state index in [1.165, 1.54) is 18.3 Å². The summed E-state index contributed by atoms with van der Waals surface area (Å²) in [5, 5.41) is 8.96. The predicted octanol–water partition coefficient (Wildman–Crippen LogP) is 5.77. The number of ether oxygens (including phenoxy) is 1. The van der Waals surface area contributed by atoms with E-state index in [-0.39, 0.29) is 11.3 Å². The van der Waals surface area contributed by atoms with Crippen LogP contribution in [-0.4, -0.2) is 29.9 Å².